The Bertz CT molecular complexity index is 806. The molecule has 1 aromatic rings. The molecule has 2 atom stereocenters. The van der Waals surface area contributed by atoms with Gasteiger partial charge in [0.1, 0.15) is 12.1 Å². The van der Waals surface area contributed by atoms with E-state index in [2.05, 4.69) is 25.3 Å². The van der Waals surface area contributed by atoms with Crippen LogP contribution in [0.2, 0.25) is 0 Å². The Hall–Kier alpha value is -3.49. The number of hydrogen-bond donors (Lipinski definition) is 3. The minimum Gasteiger partial charge on any atom is -0.412 e. The highest BCUT2D eigenvalue weighted by Gasteiger charge is 2.37. The highest BCUT2D eigenvalue weighted by molar-refractivity contribution is 6.63. The van der Waals surface area contributed by atoms with Gasteiger partial charge in [-0.2, -0.15) is 9.98 Å². The van der Waals surface area contributed by atoms with Crippen molar-refractivity contribution in [3.8, 4) is 0 Å². The first-order valence-electron chi connectivity index (χ1n) is 8.00. The molecule has 0 unspecified atom stereocenters. The predicted octanol–water partition coefficient (Wildman–Crippen LogP) is -3.92. The summed E-state index contributed by atoms with van der Waals surface area (Å²) in [7, 11) is 0. The second-order valence-electron chi connectivity index (χ2n) is 5.92. The second-order valence-corrected chi connectivity index (χ2v) is 5.92. The maximum Gasteiger partial charge on any atom is 0.367 e. The highest BCUT2D eigenvalue weighted by atomic mass is 16.2. The van der Waals surface area contributed by atoms with Gasteiger partial charge in [0.25, 0.3) is 5.91 Å². The maximum atomic E-state index is 12.9. The first-order chi connectivity index (χ1) is 12.5. The van der Waals surface area contributed by atoms with Crippen molar-refractivity contribution in [2.45, 2.75) is 31.3 Å². The molecule has 14 nitrogen and oxygen atoms in total. The Balaban J connectivity index is 0.00000261. The zero-order valence-electron chi connectivity index (χ0n) is 15.2. The van der Waals surface area contributed by atoms with Gasteiger partial charge in [0.2, 0.25) is 11.8 Å². The smallest absolute Gasteiger partial charge is 0.367 e. The summed E-state index contributed by atoms with van der Waals surface area (Å²) in [4.78, 5) is 62.9. The first-order valence-corrected chi connectivity index (χ1v) is 8.00. The Morgan fingerprint density at radius 3 is 2.59 bits per heavy atom. The van der Waals surface area contributed by atoms with E-state index >= 15 is 0 Å². The lowest BCUT2D eigenvalue weighted by Crippen LogP contribution is -2.54. The standard InChI is InChI=1S/C15H17N7O4.3H2O/c16-12(23)11-2-1-3-22(11)14(25)9(4-8-5-17-7-19-8)20-13(24)10-6-18-15(26)21-10;;;/h5-7,9,11H,1-4H2,(H2,16,23)(H,17,19)(H,20,24);3*1H2/t9-,11-;;;/m0.../s1. The number of aliphatic imine (C=N–C) groups is 2. The van der Waals surface area contributed by atoms with E-state index in [9.17, 15) is 19.2 Å². The molecule has 0 bridgehead atoms. The first kappa shape index (κ1) is 25.5. The summed E-state index contributed by atoms with van der Waals surface area (Å²) in [5.74, 6) is -1.73. The zero-order chi connectivity index (χ0) is 18.7. The third kappa shape index (κ3) is 5.74. The van der Waals surface area contributed by atoms with Crippen molar-refractivity contribution in [2.24, 2.45) is 15.7 Å². The Kier molecular flexibility index (Phi) is 9.45. The summed E-state index contributed by atoms with van der Waals surface area (Å²) in [6.07, 6.45) is 5.33. The second kappa shape index (κ2) is 10.7. The van der Waals surface area contributed by atoms with Crippen LogP contribution in [0.4, 0.5) is 4.79 Å². The third-order valence-corrected chi connectivity index (χ3v) is 4.18. The minimum atomic E-state index is -0.988. The number of imidazole rings is 1. The summed E-state index contributed by atoms with van der Waals surface area (Å²) in [6, 6.07) is -2.47. The predicted molar refractivity (Wildman–Crippen MR) is 100 cm³/mol. The molecule has 5 amide bonds. The molecule has 10 N–H and O–H groups in total. The van der Waals surface area contributed by atoms with Crippen LogP contribution in [0, 0.1) is 0 Å². The van der Waals surface area contributed by atoms with Crippen LogP contribution < -0.4 is 11.1 Å². The normalized spacial score (nSPS) is 18.1. The van der Waals surface area contributed by atoms with Gasteiger partial charge >= 0.3 is 6.03 Å². The van der Waals surface area contributed by atoms with Crippen LogP contribution >= 0.6 is 0 Å². The number of aromatic nitrogens is 2. The van der Waals surface area contributed by atoms with Crippen molar-refractivity contribution < 1.29 is 35.6 Å². The average Bonchev–Trinajstić information content (AvgIpc) is 3.34. The topological polar surface area (TPSA) is 257 Å². The summed E-state index contributed by atoms with van der Waals surface area (Å²) in [5.41, 5.74) is 5.74. The number of nitrogens with one attached hydrogen (secondary N) is 2. The number of carbonyl (C=O) groups excluding carboxylic acids is 4. The van der Waals surface area contributed by atoms with Crippen molar-refractivity contribution in [3.05, 3.63) is 18.2 Å². The van der Waals surface area contributed by atoms with E-state index in [-0.39, 0.29) is 28.6 Å². The lowest BCUT2D eigenvalue weighted by molar-refractivity contribution is -0.140. The molecule has 0 aromatic carbocycles. The fraction of sp³-hybridized carbons (Fsp3) is 0.400. The van der Waals surface area contributed by atoms with Gasteiger partial charge in [0, 0.05) is 19.2 Å². The van der Waals surface area contributed by atoms with Crippen LogP contribution in [0.3, 0.4) is 0 Å². The number of nitrogens with two attached hydrogens (primary N) is 1. The molecule has 14 heteroatoms. The van der Waals surface area contributed by atoms with E-state index in [1.165, 1.54) is 11.2 Å². The van der Waals surface area contributed by atoms with Gasteiger partial charge < -0.3 is 37.4 Å². The minimum absolute atomic E-state index is 0. The average molecular weight is 413 g/mol. The van der Waals surface area contributed by atoms with Gasteiger partial charge in [-0.1, -0.05) is 0 Å². The Labute approximate surface area is 164 Å². The molecular formula is C15H23N7O7. The number of nitrogens with zero attached hydrogens (tertiary/aromatic N) is 4. The van der Waals surface area contributed by atoms with Crippen molar-refractivity contribution >= 4 is 35.7 Å². The van der Waals surface area contributed by atoms with E-state index in [1.807, 2.05) is 0 Å². The van der Waals surface area contributed by atoms with E-state index in [4.69, 9.17) is 5.73 Å². The number of hydrogen-bond acceptors (Lipinski definition) is 5. The maximum absolute atomic E-state index is 12.9. The molecule has 0 spiro atoms. The Morgan fingerprint density at radius 1 is 1.31 bits per heavy atom. The lowest BCUT2D eigenvalue weighted by Gasteiger charge is -2.27. The molecule has 0 radical (unpaired) electrons. The largest absolute Gasteiger partial charge is 0.412 e. The van der Waals surface area contributed by atoms with Crippen LogP contribution in [0.15, 0.2) is 22.5 Å². The van der Waals surface area contributed by atoms with Gasteiger partial charge in [0.05, 0.1) is 18.2 Å². The monoisotopic (exact) mass is 413 g/mol. The molecule has 0 aliphatic carbocycles. The summed E-state index contributed by atoms with van der Waals surface area (Å²) < 4.78 is 0. The molecule has 0 saturated carbocycles. The third-order valence-electron chi connectivity index (χ3n) is 4.18. The zero-order valence-corrected chi connectivity index (χ0v) is 15.2. The molecule has 1 fully saturated rings. The van der Waals surface area contributed by atoms with Gasteiger partial charge in [-0.25, -0.2) is 9.78 Å². The number of primary amides is 1. The molecule has 2 aliphatic rings. The van der Waals surface area contributed by atoms with Gasteiger partial charge in [-0.3, -0.25) is 14.4 Å². The molecule has 2 aliphatic heterocycles. The van der Waals surface area contributed by atoms with E-state index in [0.29, 0.717) is 25.1 Å². The summed E-state index contributed by atoms with van der Waals surface area (Å²) in [5, 5.41) is 2.54. The number of likely N-dealkylation sites (tertiary alicyclic amines) is 1. The number of aromatic amines is 1. The van der Waals surface area contributed by atoms with Crippen LogP contribution in [0.5, 0.6) is 0 Å². The van der Waals surface area contributed by atoms with E-state index in [0.717, 1.165) is 6.21 Å². The quantitative estimate of drug-likeness (QED) is 0.421. The van der Waals surface area contributed by atoms with Crippen molar-refractivity contribution in [2.75, 3.05) is 6.54 Å². The van der Waals surface area contributed by atoms with Crippen molar-refractivity contribution in [1.29, 1.82) is 0 Å². The summed E-state index contributed by atoms with van der Waals surface area (Å²) in [6.45, 7) is 0.375. The van der Waals surface area contributed by atoms with Gasteiger partial charge in [-0.05, 0) is 12.8 Å². The molecule has 1 aromatic heterocycles. The molecule has 3 heterocycles. The molecule has 29 heavy (non-hydrogen) atoms. The number of H-pyrrole nitrogens is 1. The van der Waals surface area contributed by atoms with Crippen LogP contribution in [0.25, 0.3) is 0 Å². The number of rotatable bonds is 6. The van der Waals surface area contributed by atoms with E-state index < -0.39 is 35.8 Å². The Morgan fingerprint density at radius 2 is 2.03 bits per heavy atom. The molecule has 1 saturated heterocycles. The highest BCUT2D eigenvalue weighted by Crippen LogP contribution is 2.19. The van der Waals surface area contributed by atoms with E-state index in [1.54, 1.807) is 6.20 Å². The molecular weight excluding hydrogens is 390 g/mol. The fourth-order valence-corrected chi connectivity index (χ4v) is 2.96. The summed E-state index contributed by atoms with van der Waals surface area (Å²) >= 11 is 0. The fourth-order valence-electron chi connectivity index (χ4n) is 2.96. The number of urea groups is 1. The SMILES string of the molecule is NC(=O)[C@@H]1CCCN1C(=O)[C@H](Cc1c[nH]cn1)NC(=O)C1=NC(=O)N=C1.O.O.O. The molecule has 160 valence electrons. The van der Waals surface area contributed by atoms with Crippen LogP contribution in [0.1, 0.15) is 18.5 Å². The molecule has 3 rings (SSSR count). The van der Waals surface area contributed by atoms with Gasteiger partial charge in [0.15, 0.2) is 5.71 Å². The lowest BCUT2D eigenvalue weighted by atomic mass is 10.1. The number of carbonyl (C=O) groups is 4. The van der Waals surface area contributed by atoms with Crippen LogP contribution in [-0.4, -0.2) is 85.6 Å². The van der Waals surface area contributed by atoms with Crippen molar-refractivity contribution in [1.82, 2.24) is 20.2 Å². The van der Waals surface area contributed by atoms with Crippen molar-refractivity contribution in [3.63, 3.8) is 0 Å². The van der Waals surface area contributed by atoms with Crippen LogP contribution in [-0.2, 0) is 20.8 Å². The van der Waals surface area contributed by atoms with Gasteiger partial charge in [-0.15, -0.1) is 0 Å². The number of amides is 5.